The first kappa shape index (κ1) is 35.6. The molecule has 1 N–H and O–H groups in total. The summed E-state index contributed by atoms with van der Waals surface area (Å²) in [5.41, 5.74) is 1.08. The Hall–Kier alpha value is -1.57. The Kier molecular flexibility index (Phi) is 19.1. The van der Waals surface area contributed by atoms with Crippen molar-refractivity contribution in [3.63, 3.8) is 0 Å². The van der Waals surface area contributed by atoms with Crippen LogP contribution in [0, 0.1) is 0 Å². The molecule has 1 aliphatic heterocycles. The number of rotatable bonds is 26. The molecular weight excluding hydrogens is 539 g/mol. The zero-order chi connectivity index (χ0) is 29.6. The van der Waals surface area contributed by atoms with E-state index in [1.165, 1.54) is 77.0 Å². The van der Waals surface area contributed by atoms with Gasteiger partial charge in [-0.05, 0) is 31.0 Å². The Balaban J connectivity index is 1.50. The van der Waals surface area contributed by atoms with Gasteiger partial charge in [-0.15, -0.1) is 0 Å². The van der Waals surface area contributed by atoms with Crippen molar-refractivity contribution in [2.24, 2.45) is 0 Å². The maximum Gasteiger partial charge on any atom is 0.527 e. The number of ether oxygens (including phenoxy) is 2. The van der Waals surface area contributed by atoms with Crippen LogP contribution < -0.4 is 4.52 Å². The Morgan fingerprint density at radius 3 is 1.95 bits per heavy atom. The van der Waals surface area contributed by atoms with Crippen molar-refractivity contribution >= 4 is 7.82 Å². The van der Waals surface area contributed by atoms with Crippen LogP contribution in [0.15, 0.2) is 36.7 Å². The van der Waals surface area contributed by atoms with Crippen LogP contribution in [0.4, 0.5) is 0 Å². The van der Waals surface area contributed by atoms with E-state index in [9.17, 15) is 9.46 Å². The summed E-state index contributed by atoms with van der Waals surface area (Å²) in [4.78, 5) is 14.5. The molecule has 0 saturated carbocycles. The van der Waals surface area contributed by atoms with E-state index in [1.807, 2.05) is 38.5 Å². The third-order valence-corrected chi connectivity index (χ3v) is 8.16. The minimum absolute atomic E-state index is 0.0761. The summed E-state index contributed by atoms with van der Waals surface area (Å²) in [5.74, 6) is 0.288. The van der Waals surface area contributed by atoms with E-state index in [1.54, 1.807) is 12.1 Å². The zero-order valence-electron chi connectivity index (χ0n) is 26.0. The van der Waals surface area contributed by atoms with Crippen molar-refractivity contribution < 1.29 is 28.0 Å². The maximum absolute atomic E-state index is 12.5. The van der Waals surface area contributed by atoms with Gasteiger partial charge in [0.05, 0.1) is 19.9 Å². The van der Waals surface area contributed by atoms with E-state index < -0.39 is 13.9 Å². The molecule has 1 aliphatic rings. The predicted octanol–water partition coefficient (Wildman–Crippen LogP) is 8.26. The molecule has 1 heterocycles. The lowest BCUT2D eigenvalue weighted by atomic mass is 10.0. The van der Waals surface area contributed by atoms with Gasteiger partial charge in [-0.3, -0.25) is 9.42 Å². The van der Waals surface area contributed by atoms with E-state index >= 15 is 0 Å². The highest BCUT2D eigenvalue weighted by Gasteiger charge is 2.25. The van der Waals surface area contributed by atoms with Crippen molar-refractivity contribution in [3.8, 4) is 5.75 Å². The van der Waals surface area contributed by atoms with Crippen LogP contribution in [-0.2, 0) is 25.1 Å². The lowest BCUT2D eigenvalue weighted by molar-refractivity contribution is -0.0373. The van der Waals surface area contributed by atoms with E-state index in [-0.39, 0.29) is 12.4 Å². The van der Waals surface area contributed by atoms with Crippen LogP contribution in [0.25, 0.3) is 0 Å². The summed E-state index contributed by atoms with van der Waals surface area (Å²) < 4.78 is 34.4. The summed E-state index contributed by atoms with van der Waals surface area (Å²) >= 11 is 0. The molecule has 0 aliphatic carbocycles. The Morgan fingerprint density at radius 2 is 1.41 bits per heavy atom. The molecular formula is C32H57N2O6P. The lowest BCUT2D eigenvalue weighted by Crippen LogP contribution is -2.26. The molecule has 0 amide bonds. The van der Waals surface area contributed by atoms with E-state index in [0.29, 0.717) is 19.8 Å². The van der Waals surface area contributed by atoms with Crippen molar-refractivity contribution in [2.75, 3.05) is 40.1 Å². The predicted molar refractivity (Wildman–Crippen MR) is 167 cm³/mol. The standard InChI is InChI=1S/C32H57N2O6P/c1-4-6-7-8-9-10-11-12-13-14-15-16-17-18-25-37-27-32(38-5-2)28-39-41(35,36)40-31-21-19-30(20-22-31)26-34-24-23-33(3)29-34/h19-24,32H,4-18,25-29H2,1-3H3,(H,35,36). The monoisotopic (exact) mass is 596 g/mol. The van der Waals surface area contributed by atoms with Crippen molar-refractivity contribution in [2.45, 2.75) is 116 Å². The van der Waals surface area contributed by atoms with E-state index in [0.717, 1.165) is 31.6 Å². The van der Waals surface area contributed by atoms with Gasteiger partial charge in [-0.1, -0.05) is 103 Å². The smallest absolute Gasteiger partial charge is 0.404 e. The molecule has 1 aromatic carbocycles. The van der Waals surface area contributed by atoms with Crippen molar-refractivity contribution in [3.05, 3.63) is 42.2 Å². The van der Waals surface area contributed by atoms with Crippen LogP contribution in [0.2, 0.25) is 0 Å². The maximum atomic E-state index is 12.5. The largest absolute Gasteiger partial charge is 0.527 e. The molecule has 2 atom stereocenters. The van der Waals surface area contributed by atoms with Gasteiger partial charge >= 0.3 is 7.82 Å². The number of hydrogen-bond donors (Lipinski definition) is 1. The molecule has 9 heteroatoms. The molecule has 41 heavy (non-hydrogen) atoms. The molecule has 1 aromatic rings. The molecule has 2 rings (SSSR count). The second kappa shape index (κ2) is 22.0. The molecule has 0 fully saturated rings. The molecule has 0 radical (unpaired) electrons. The topological polar surface area (TPSA) is 80.7 Å². The van der Waals surface area contributed by atoms with Gasteiger partial charge < -0.3 is 23.8 Å². The number of unbranched alkanes of at least 4 members (excludes halogenated alkanes) is 13. The summed E-state index contributed by atoms with van der Waals surface area (Å²) in [6.07, 6.45) is 22.2. The van der Waals surface area contributed by atoms with E-state index in [2.05, 4.69) is 16.7 Å². The molecule has 2 unspecified atom stereocenters. The molecule has 8 nitrogen and oxygen atoms in total. The molecule has 236 valence electrons. The van der Waals surface area contributed by atoms with Gasteiger partial charge in [-0.25, -0.2) is 4.57 Å². The second-order valence-electron chi connectivity index (χ2n) is 11.2. The highest BCUT2D eigenvalue weighted by atomic mass is 31.2. The van der Waals surface area contributed by atoms with Crippen molar-refractivity contribution in [1.29, 1.82) is 0 Å². The third kappa shape index (κ3) is 17.9. The molecule has 0 bridgehead atoms. The highest BCUT2D eigenvalue weighted by Crippen LogP contribution is 2.44. The highest BCUT2D eigenvalue weighted by molar-refractivity contribution is 7.47. The number of hydrogen-bond acceptors (Lipinski definition) is 7. The first-order valence-electron chi connectivity index (χ1n) is 16.0. The van der Waals surface area contributed by atoms with Crippen LogP contribution in [0.3, 0.4) is 0 Å². The molecule has 0 aromatic heterocycles. The lowest BCUT2D eigenvalue weighted by Gasteiger charge is -2.20. The average Bonchev–Trinajstić information content (AvgIpc) is 3.36. The average molecular weight is 597 g/mol. The first-order valence-corrected chi connectivity index (χ1v) is 17.5. The van der Waals surface area contributed by atoms with Gasteiger partial charge in [0, 0.05) is 39.2 Å². The van der Waals surface area contributed by atoms with Gasteiger partial charge in [0.2, 0.25) is 0 Å². The summed E-state index contributed by atoms with van der Waals surface area (Å²) in [6, 6.07) is 7.14. The normalized spacial score (nSPS) is 15.4. The van der Waals surface area contributed by atoms with Crippen LogP contribution in [0.1, 0.15) is 109 Å². The van der Waals surface area contributed by atoms with Crippen LogP contribution >= 0.6 is 7.82 Å². The van der Waals surface area contributed by atoms with Crippen LogP contribution in [0.5, 0.6) is 5.75 Å². The summed E-state index contributed by atoms with van der Waals surface area (Å²) in [5, 5.41) is 0. The van der Waals surface area contributed by atoms with Crippen molar-refractivity contribution in [1.82, 2.24) is 9.80 Å². The van der Waals surface area contributed by atoms with Gasteiger partial charge in [0.25, 0.3) is 0 Å². The first-order chi connectivity index (χ1) is 19.9. The fourth-order valence-corrected chi connectivity index (χ4v) is 5.71. The Morgan fingerprint density at radius 1 is 0.829 bits per heavy atom. The minimum Gasteiger partial charge on any atom is -0.404 e. The minimum atomic E-state index is -4.28. The zero-order valence-corrected chi connectivity index (χ0v) is 26.9. The quantitative estimate of drug-likeness (QED) is 0.0846. The number of benzene rings is 1. The SMILES string of the molecule is CCCCCCCCCCCCCCCCOCC(COP(=O)(O)Oc1ccc(CN2C=CN(C)C2)cc1)OCC. The molecule has 0 saturated heterocycles. The summed E-state index contributed by atoms with van der Waals surface area (Å²) in [6.45, 7) is 7.11. The third-order valence-electron chi connectivity index (χ3n) is 7.24. The van der Waals surface area contributed by atoms with Gasteiger partial charge in [-0.2, -0.15) is 0 Å². The fraction of sp³-hybridized carbons (Fsp3) is 0.750. The van der Waals surface area contributed by atoms with Gasteiger partial charge in [0.15, 0.2) is 0 Å². The number of phosphoric acid groups is 1. The Bertz CT molecular complexity index is 853. The van der Waals surface area contributed by atoms with Gasteiger partial charge in [0.1, 0.15) is 11.9 Å². The van der Waals surface area contributed by atoms with Crippen LogP contribution in [-0.4, -0.2) is 60.9 Å². The van der Waals surface area contributed by atoms with E-state index in [4.69, 9.17) is 18.5 Å². The fourth-order valence-electron chi connectivity index (χ4n) is 4.91. The molecule has 0 spiro atoms. The number of nitrogens with zero attached hydrogens (tertiary/aromatic N) is 2. The Labute approximate surface area is 250 Å². The summed E-state index contributed by atoms with van der Waals surface area (Å²) in [7, 11) is -2.26. The second-order valence-corrected chi connectivity index (χ2v) is 12.6. The number of phosphoric ester groups is 1.